The molecule has 3 aromatic rings. The van der Waals surface area contributed by atoms with Crippen molar-refractivity contribution in [3.8, 4) is 17.2 Å². The van der Waals surface area contributed by atoms with Crippen molar-refractivity contribution in [1.82, 2.24) is 0 Å². The van der Waals surface area contributed by atoms with E-state index in [1.807, 2.05) is 58.9 Å². The number of aryl methyl sites for hydroxylation is 1. The first kappa shape index (κ1) is 27.8. The zero-order chi connectivity index (χ0) is 28.3. The van der Waals surface area contributed by atoms with Crippen LogP contribution in [0, 0.1) is 6.92 Å². The number of ketones is 1. The molecule has 7 nitrogen and oxygen atoms in total. The first-order chi connectivity index (χ1) is 18.7. The van der Waals surface area contributed by atoms with Crippen LogP contribution in [-0.2, 0) is 9.59 Å². The first-order valence-electron chi connectivity index (χ1n) is 13.2. The number of Topliss-reactive ketones (excluding diaryl/α,β-unsaturated/α-hetero) is 1. The van der Waals surface area contributed by atoms with Crippen molar-refractivity contribution in [3.63, 3.8) is 0 Å². The number of rotatable bonds is 9. The Labute approximate surface area is 229 Å². The van der Waals surface area contributed by atoms with E-state index < -0.39 is 17.7 Å². The largest absolute Gasteiger partial charge is 0.507 e. The van der Waals surface area contributed by atoms with Gasteiger partial charge in [0.25, 0.3) is 11.7 Å². The lowest BCUT2D eigenvalue weighted by Crippen LogP contribution is -2.29. The third-order valence-corrected chi connectivity index (χ3v) is 6.81. The van der Waals surface area contributed by atoms with E-state index in [0.29, 0.717) is 47.3 Å². The summed E-state index contributed by atoms with van der Waals surface area (Å²) in [5, 5.41) is 11.7. The van der Waals surface area contributed by atoms with Crippen LogP contribution in [0.5, 0.6) is 17.2 Å². The topological polar surface area (TPSA) is 85.3 Å². The molecule has 1 fully saturated rings. The highest BCUT2D eigenvalue weighted by atomic mass is 16.5. The minimum absolute atomic E-state index is 0.0222. The Morgan fingerprint density at radius 3 is 2.23 bits per heavy atom. The summed E-state index contributed by atoms with van der Waals surface area (Å²) in [6, 6.07) is 17.1. The molecule has 0 radical (unpaired) electrons. The molecule has 1 N–H and O–H groups in total. The predicted molar refractivity (Wildman–Crippen MR) is 152 cm³/mol. The van der Waals surface area contributed by atoms with E-state index in [-0.39, 0.29) is 17.3 Å². The Morgan fingerprint density at radius 1 is 0.949 bits per heavy atom. The molecule has 0 aliphatic carbocycles. The third-order valence-electron chi connectivity index (χ3n) is 6.81. The van der Waals surface area contributed by atoms with Crippen molar-refractivity contribution >= 4 is 23.1 Å². The van der Waals surface area contributed by atoms with E-state index in [1.165, 1.54) is 4.90 Å². The Balaban J connectivity index is 1.95. The van der Waals surface area contributed by atoms with E-state index in [2.05, 4.69) is 0 Å². The van der Waals surface area contributed by atoms with E-state index in [1.54, 1.807) is 43.5 Å². The molecule has 0 bridgehead atoms. The summed E-state index contributed by atoms with van der Waals surface area (Å²) in [7, 11) is 1.61. The molecule has 3 aromatic carbocycles. The Bertz CT molecular complexity index is 1410. The first-order valence-corrected chi connectivity index (χ1v) is 13.2. The van der Waals surface area contributed by atoms with E-state index in [0.717, 1.165) is 11.1 Å². The van der Waals surface area contributed by atoms with Crippen molar-refractivity contribution in [2.24, 2.45) is 0 Å². The number of carbonyl (C=O) groups excluding carboxylic acids is 2. The molecule has 1 atom stereocenters. The third kappa shape index (κ3) is 5.35. The van der Waals surface area contributed by atoms with Gasteiger partial charge in [0, 0.05) is 17.3 Å². The summed E-state index contributed by atoms with van der Waals surface area (Å²) in [5.41, 5.74) is 3.28. The minimum Gasteiger partial charge on any atom is -0.507 e. The monoisotopic (exact) mass is 529 g/mol. The maximum atomic E-state index is 13.6. The Morgan fingerprint density at radius 2 is 1.62 bits per heavy atom. The van der Waals surface area contributed by atoms with Gasteiger partial charge in [0.1, 0.15) is 23.0 Å². The lowest BCUT2D eigenvalue weighted by atomic mass is 9.91. The maximum absolute atomic E-state index is 13.6. The highest BCUT2D eigenvalue weighted by Crippen LogP contribution is 2.44. The Hall–Kier alpha value is -4.26. The average molecular weight is 530 g/mol. The van der Waals surface area contributed by atoms with Gasteiger partial charge in [-0.2, -0.15) is 0 Å². The van der Waals surface area contributed by atoms with Crippen LogP contribution < -0.4 is 19.1 Å². The number of benzene rings is 3. The second-order valence-corrected chi connectivity index (χ2v) is 9.67. The van der Waals surface area contributed by atoms with Gasteiger partial charge < -0.3 is 19.3 Å². The summed E-state index contributed by atoms with van der Waals surface area (Å²) in [6.45, 7) is 10.6. The number of hydrogen-bond donors (Lipinski definition) is 1. The van der Waals surface area contributed by atoms with Gasteiger partial charge >= 0.3 is 0 Å². The number of carbonyl (C=O) groups is 2. The standard InChI is InChI=1S/C32H35NO6/c1-7-38-23-14-12-21(13-15-23)29-28(30(34)26-18-25(19(3)4)27(37-6)16-20(26)5)31(35)32(36)33(29)22-10-9-11-24(17-22)39-8-2/h9-19,29,34H,7-8H2,1-6H3/b30-28+. The lowest BCUT2D eigenvalue weighted by Gasteiger charge is -2.26. The molecular weight excluding hydrogens is 494 g/mol. The molecule has 1 aliphatic heterocycles. The van der Waals surface area contributed by atoms with Crippen molar-refractivity contribution in [1.29, 1.82) is 0 Å². The molecule has 0 spiro atoms. The smallest absolute Gasteiger partial charge is 0.300 e. The highest BCUT2D eigenvalue weighted by molar-refractivity contribution is 6.51. The van der Waals surface area contributed by atoms with Gasteiger partial charge in [0.15, 0.2) is 0 Å². The fraction of sp³-hybridized carbons (Fsp3) is 0.312. The highest BCUT2D eigenvalue weighted by Gasteiger charge is 2.47. The molecule has 1 unspecified atom stereocenters. The molecule has 0 aromatic heterocycles. The van der Waals surface area contributed by atoms with Gasteiger partial charge in [-0.05, 0) is 79.8 Å². The Kier molecular flexibility index (Phi) is 8.29. The maximum Gasteiger partial charge on any atom is 0.300 e. The number of aliphatic hydroxyl groups is 1. The van der Waals surface area contributed by atoms with Crippen LogP contribution in [0.2, 0.25) is 0 Å². The summed E-state index contributed by atoms with van der Waals surface area (Å²) < 4.78 is 16.8. The number of hydrogen-bond acceptors (Lipinski definition) is 6. The molecule has 1 amide bonds. The van der Waals surface area contributed by atoms with Gasteiger partial charge in [-0.15, -0.1) is 0 Å². The van der Waals surface area contributed by atoms with Gasteiger partial charge in [0.2, 0.25) is 0 Å². The van der Waals surface area contributed by atoms with Crippen molar-refractivity contribution in [2.45, 2.75) is 46.6 Å². The SMILES string of the molecule is CCOc1ccc(C2/C(=C(\O)c3cc(C(C)C)c(OC)cc3C)C(=O)C(=O)N2c2cccc(OCC)c2)cc1. The molecule has 4 rings (SSSR count). The summed E-state index contributed by atoms with van der Waals surface area (Å²) in [6.07, 6.45) is 0. The van der Waals surface area contributed by atoms with Crippen LogP contribution in [0.15, 0.2) is 66.2 Å². The van der Waals surface area contributed by atoms with E-state index >= 15 is 0 Å². The van der Waals surface area contributed by atoms with E-state index in [4.69, 9.17) is 14.2 Å². The second kappa shape index (κ2) is 11.6. The molecule has 204 valence electrons. The number of ether oxygens (including phenoxy) is 3. The van der Waals surface area contributed by atoms with E-state index in [9.17, 15) is 14.7 Å². The van der Waals surface area contributed by atoms with Crippen LogP contribution in [0.1, 0.15) is 61.9 Å². The van der Waals surface area contributed by atoms with Gasteiger partial charge in [-0.25, -0.2) is 0 Å². The van der Waals surface area contributed by atoms with Crippen LogP contribution in [-0.4, -0.2) is 37.1 Å². The van der Waals surface area contributed by atoms with Crippen LogP contribution in [0.4, 0.5) is 5.69 Å². The number of nitrogens with zero attached hydrogens (tertiary/aromatic N) is 1. The summed E-state index contributed by atoms with van der Waals surface area (Å²) in [4.78, 5) is 28.6. The number of methoxy groups -OCH3 is 1. The van der Waals surface area contributed by atoms with Gasteiger partial charge in [-0.1, -0.05) is 32.0 Å². The fourth-order valence-electron chi connectivity index (χ4n) is 4.94. The molecule has 1 heterocycles. The minimum atomic E-state index is -0.860. The molecular formula is C32H35NO6. The molecule has 1 saturated heterocycles. The summed E-state index contributed by atoms with van der Waals surface area (Å²) >= 11 is 0. The fourth-order valence-corrected chi connectivity index (χ4v) is 4.94. The van der Waals surface area contributed by atoms with Crippen molar-refractivity contribution in [3.05, 3.63) is 88.5 Å². The van der Waals surface area contributed by atoms with Crippen LogP contribution in [0.3, 0.4) is 0 Å². The quantitative estimate of drug-likeness (QED) is 0.192. The van der Waals surface area contributed by atoms with Crippen molar-refractivity contribution in [2.75, 3.05) is 25.2 Å². The van der Waals surface area contributed by atoms with Crippen molar-refractivity contribution < 1.29 is 28.9 Å². The summed E-state index contributed by atoms with van der Waals surface area (Å²) in [5.74, 6) is 0.360. The van der Waals surface area contributed by atoms with Gasteiger partial charge in [-0.3, -0.25) is 14.5 Å². The molecule has 1 aliphatic rings. The number of anilines is 1. The average Bonchev–Trinajstić information content (AvgIpc) is 3.19. The van der Waals surface area contributed by atoms with Gasteiger partial charge in [0.05, 0.1) is 31.9 Å². The number of amides is 1. The normalized spacial score (nSPS) is 16.6. The molecule has 0 saturated carbocycles. The second-order valence-electron chi connectivity index (χ2n) is 9.67. The molecule has 39 heavy (non-hydrogen) atoms. The predicted octanol–water partition coefficient (Wildman–Crippen LogP) is 6.55. The lowest BCUT2D eigenvalue weighted by molar-refractivity contribution is -0.132. The van der Waals surface area contributed by atoms with Crippen LogP contribution >= 0.6 is 0 Å². The number of aliphatic hydroxyl groups excluding tert-OH is 1. The van der Waals surface area contributed by atoms with Crippen LogP contribution in [0.25, 0.3) is 5.76 Å². The zero-order valence-electron chi connectivity index (χ0n) is 23.3. The zero-order valence-corrected chi connectivity index (χ0v) is 23.3. The molecule has 7 heteroatoms.